The summed E-state index contributed by atoms with van der Waals surface area (Å²) in [5.41, 5.74) is 0.482. The zero-order chi connectivity index (χ0) is 16.0. The van der Waals surface area contributed by atoms with Gasteiger partial charge < -0.3 is 19.5 Å². The van der Waals surface area contributed by atoms with Gasteiger partial charge in [0.25, 0.3) is 0 Å². The summed E-state index contributed by atoms with van der Waals surface area (Å²) in [5, 5.41) is 11.7. The number of rotatable bonds is 6. The molecule has 1 N–H and O–H groups in total. The van der Waals surface area contributed by atoms with Crippen molar-refractivity contribution in [3.05, 3.63) is 12.1 Å². The summed E-state index contributed by atoms with van der Waals surface area (Å²) in [7, 11) is 4.49. The van der Waals surface area contributed by atoms with E-state index in [0.717, 1.165) is 0 Å². The van der Waals surface area contributed by atoms with Gasteiger partial charge in [-0.25, -0.2) is 0 Å². The lowest BCUT2D eigenvalue weighted by atomic mass is 9.96. The SMILES string of the molecule is COc1cc(NC(=O)C(C#N)C(C)C)cc(OC)c1OC. The number of methoxy groups -OCH3 is 3. The molecule has 1 unspecified atom stereocenters. The van der Waals surface area contributed by atoms with Crippen molar-refractivity contribution < 1.29 is 19.0 Å². The number of amides is 1. The molecule has 114 valence electrons. The van der Waals surface area contributed by atoms with Crippen LogP contribution in [0.1, 0.15) is 13.8 Å². The maximum absolute atomic E-state index is 12.1. The molecule has 0 fully saturated rings. The number of hydrogen-bond donors (Lipinski definition) is 1. The fraction of sp³-hybridized carbons (Fsp3) is 0.467. The van der Waals surface area contributed by atoms with Gasteiger partial charge in [0.15, 0.2) is 11.5 Å². The first kappa shape index (κ1) is 16.6. The molecule has 6 heteroatoms. The van der Waals surface area contributed by atoms with E-state index >= 15 is 0 Å². The van der Waals surface area contributed by atoms with Crippen molar-refractivity contribution >= 4 is 11.6 Å². The maximum Gasteiger partial charge on any atom is 0.241 e. The first-order valence-electron chi connectivity index (χ1n) is 6.48. The van der Waals surface area contributed by atoms with Crippen LogP contribution in [0.3, 0.4) is 0 Å². The summed E-state index contributed by atoms with van der Waals surface area (Å²) in [5.74, 6) is 0.164. The number of benzene rings is 1. The number of carbonyl (C=O) groups is 1. The molecule has 0 aliphatic carbocycles. The predicted molar refractivity (Wildman–Crippen MR) is 78.7 cm³/mol. The van der Waals surface area contributed by atoms with Gasteiger partial charge in [0.1, 0.15) is 5.92 Å². The van der Waals surface area contributed by atoms with Gasteiger partial charge >= 0.3 is 0 Å². The van der Waals surface area contributed by atoms with Crippen LogP contribution in [-0.2, 0) is 4.79 Å². The fourth-order valence-electron chi connectivity index (χ4n) is 1.88. The van der Waals surface area contributed by atoms with Crippen LogP contribution >= 0.6 is 0 Å². The molecule has 1 aromatic carbocycles. The molecule has 0 heterocycles. The predicted octanol–water partition coefficient (Wildman–Crippen LogP) is 2.45. The quantitative estimate of drug-likeness (QED) is 0.871. The van der Waals surface area contributed by atoms with E-state index in [1.165, 1.54) is 21.3 Å². The minimum atomic E-state index is -0.718. The standard InChI is InChI=1S/C15H20N2O4/c1-9(2)11(8-16)15(18)17-10-6-12(19-3)14(21-5)13(7-10)20-4/h6-7,9,11H,1-5H3,(H,17,18). The first-order valence-corrected chi connectivity index (χ1v) is 6.48. The molecule has 0 aliphatic heterocycles. The topological polar surface area (TPSA) is 80.6 Å². The average molecular weight is 292 g/mol. The molecule has 0 aromatic heterocycles. The van der Waals surface area contributed by atoms with Crippen molar-refractivity contribution in [2.75, 3.05) is 26.6 Å². The Morgan fingerprint density at radius 2 is 1.67 bits per heavy atom. The van der Waals surface area contributed by atoms with Gasteiger partial charge in [-0.3, -0.25) is 4.79 Å². The van der Waals surface area contributed by atoms with E-state index in [1.807, 2.05) is 19.9 Å². The van der Waals surface area contributed by atoms with Gasteiger partial charge in [-0.2, -0.15) is 5.26 Å². The van der Waals surface area contributed by atoms with Crippen molar-refractivity contribution in [3.8, 4) is 23.3 Å². The fourth-order valence-corrected chi connectivity index (χ4v) is 1.88. The number of nitriles is 1. The van der Waals surface area contributed by atoms with Gasteiger partial charge in [-0.15, -0.1) is 0 Å². The van der Waals surface area contributed by atoms with E-state index in [2.05, 4.69) is 5.32 Å². The Morgan fingerprint density at radius 1 is 1.14 bits per heavy atom. The molecule has 1 rings (SSSR count). The number of nitrogens with zero attached hydrogens (tertiary/aromatic N) is 1. The van der Waals surface area contributed by atoms with Gasteiger partial charge in [0.05, 0.1) is 27.4 Å². The van der Waals surface area contributed by atoms with Crippen LogP contribution in [0.5, 0.6) is 17.2 Å². The second kappa shape index (κ2) is 7.39. The number of anilines is 1. The number of carbonyl (C=O) groups excluding carboxylic acids is 1. The lowest BCUT2D eigenvalue weighted by Crippen LogP contribution is -2.25. The smallest absolute Gasteiger partial charge is 0.241 e. The van der Waals surface area contributed by atoms with Crippen molar-refractivity contribution in [3.63, 3.8) is 0 Å². The van der Waals surface area contributed by atoms with E-state index in [0.29, 0.717) is 22.9 Å². The molecular formula is C15H20N2O4. The van der Waals surface area contributed by atoms with Crippen LogP contribution in [0.4, 0.5) is 5.69 Å². The summed E-state index contributed by atoms with van der Waals surface area (Å²) in [6.07, 6.45) is 0. The van der Waals surface area contributed by atoms with Crippen molar-refractivity contribution in [1.82, 2.24) is 0 Å². The molecule has 0 bridgehead atoms. The molecule has 0 aliphatic rings. The van der Waals surface area contributed by atoms with Crippen LogP contribution in [0.2, 0.25) is 0 Å². The average Bonchev–Trinajstić information content (AvgIpc) is 2.46. The van der Waals surface area contributed by atoms with Crippen LogP contribution in [-0.4, -0.2) is 27.2 Å². The Hall–Kier alpha value is -2.42. The Labute approximate surface area is 124 Å². The van der Waals surface area contributed by atoms with Crippen LogP contribution in [0.15, 0.2) is 12.1 Å². The van der Waals surface area contributed by atoms with Crippen molar-refractivity contribution in [1.29, 1.82) is 5.26 Å². The highest BCUT2D eigenvalue weighted by Gasteiger charge is 2.23. The number of ether oxygens (including phenoxy) is 3. The summed E-state index contributed by atoms with van der Waals surface area (Å²) >= 11 is 0. The summed E-state index contributed by atoms with van der Waals surface area (Å²) in [6.45, 7) is 3.64. The third-order valence-electron chi connectivity index (χ3n) is 3.02. The minimum Gasteiger partial charge on any atom is -0.493 e. The van der Waals surface area contributed by atoms with E-state index in [1.54, 1.807) is 12.1 Å². The van der Waals surface area contributed by atoms with E-state index in [9.17, 15) is 4.79 Å². The van der Waals surface area contributed by atoms with Gasteiger partial charge in [-0.05, 0) is 5.92 Å². The molecule has 21 heavy (non-hydrogen) atoms. The maximum atomic E-state index is 12.1. The lowest BCUT2D eigenvalue weighted by Gasteiger charge is -2.16. The van der Waals surface area contributed by atoms with E-state index in [-0.39, 0.29) is 11.8 Å². The Bertz CT molecular complexity index is 524. The van der Waals surface area contributed by atoms with Gasteiger partial charge in [0.2, 0.25) is 11.7 Å². The zero-order valence-electron chi connectivity index (χ0n) is 12.9. The molecule has 0 saturated carbocycles. The number of nitrogens with one attached hydrogen (secondary N) is 1. The summed E-state index contributed by atoms with van der Waals surface area (Å²) in [6, 6.07) is 5.24. The largest absolute Gasteiger partial charge is 0.493 e. The third-order valence-corrected chi connectivity index (χ3v) is 3.02. The van der Waals surface area contributed by atoms with E-state index < -0.39 is 5.92 Å². The molecular weight excluding hydrogens is 272 g/mol. The van der Waals surface area contributed by atoms with Crippen molar-refractivity contribution in [2.45, 2.75) is 13.8 Å². The van der Waals surface area contributed by atoms with Crippen LogP contribution < -0.4 is 19.5 Å². The Kier molecular flexibility index (Phi) is 5.85. The van der Waals surface area contributed by atoms with Crippen LogP contribution in [0, 0.1) is 23.2 Å². The third kappa shape index (κ3) is 3.78. The van der Waals surface area contributed by atoms with Crippen LogP contribution in [0.25, 0.3) is 0 Å². The first-order chi connectivity index (χ1) is 9.98. The van der Waals surface area contributed by atoms with Gasteiger partial charge in [-0.1, -0.05) is 13.8 Å². The monoisotopic (exact) mass is 292 g/mol. The molecule has 0 radical (unpaired) electrons. The molecule has 0 saturated heterocycles. The highest BCUT2D eigenvalue weighted by Crippen LogP contribution is 2.40. The highest BCUT2D eigenvalue weighted by molar-refractivity contribution is 5.95. The second-order valence-electron chi connectivity index (χ2n) is 4.75. The Morgan fingerprint density at radius 3 is 2.00 bits per heavy atom. The number of hydrogen-bond acceptors (Lipinski definition) is 5. The minimum absolute atomic E-state index is 0.0722. The second-order valence-corrected chi connectivity index (χ2v) is 4.75. The van der Waals surface area contributed by atoms with Crippen molar-refractivity contribution in [2.24, 2.45) is 11.8 Å². The lowest BCUT2D eigenvalue weighted by molar-refractivity contribution is -0.119. The molecule has 1 aromatic rings. The summed E-state index contributed by atoms with van der Waals surface area (Å²) in [4.78, 5) is 12.1. The molecule has 0 spiro atoms. The van der Waals surface area contributed by atoms with Gasteiger partial charge in [0, 0.05) is 17.8 Å². The normalized spacial score (nSPS) is 11.5. The molecule has 1 amide bonds. The summed E-state index contributed by atoms with van der Waals surface area (Å²) < 4.78 is 15.6. The van der Waals surface area contributed by atoms with E-state index in [4.69, 9.17) is 19.5 Å². The zero-order valence-corrected chi connectivity index (χ0v) is 12.9. The Balaban J connectivity index is 3.10. The molecule has 1 atom stereocenters. The molecule has 6 nitrogen and oxygen atoms in total. The highest BCUT2D eigenvalue weighted by atomic mass is 16.5.